The van der Waals surface area contributed by atoms with Gasteiger partial charge in [0.05, 0.1) is 0 Å². The van der Waals surface area contributed by atoms with Crippen LogP contribution in [0.15, 0.2) is 12.4 Å². The van der Waals surface area contributed by atoms with Gasteiger partial charge in [-0.1, -0.05) is 0 Å². The largest absolute Gasteiger partial charge is 0.381 e. The van der Waals surface area contributed by atoms with E-state index < -0.39 is 0 Å². The van der Waals surface area contributed by atoms with Crippen molar-refractivity contribution in [2.24, 2.45) is 5.73 Å². The minimum Gasteiger partial charge on any atom is -0.381 e. The molecular weight excluding hydrogens is 204 g/mol. The molecule has 1 aromatic rings. The molecule has 0 aromatic carbocycles. The normalized spacial score (nSPS) is 17.3. The number of ether oxygens (including phenoxy) is 1. The summed E-state index contributed by atoms with van der Waals surface area (Å²) in [5, 5.41) is 3.05. The molecule has 88 valence electrons. The van der Waals surface area contributed by atoms with E-state index in [0.717, 1.165) is 26.1 Å². The number of nitrogens with two attached hydrogens (primary N) is 1. The molecule has 2 heterocycles. The highest BCUT2D eigenvalue weighted by molar-refractivity contribution is 5.26. The van der Waals surface area contributed by atoms with Crippen LogP contribution in [0.25, 0.3) is 0 Å². The first-order valence-corrected chi connectivity index (χ1v) is 5.74. The maximum atomic E-state index is 5.39. The Morgan fingerprint density at radius 1 is 1.31 bits per heavy atom. The quantitative estimate of drug-likeness (QED) is 0.786. The van der Waals surface area contributed by atoms with Crippen LogP contribution in [0, 0.1) is 0 Å². The second-order valence-electron chi connectivity index (χ2n) is 3.94. The molecule has 3 N–H and O–H groups in total. The highest BCUT2D eigenvalue weighted by Gasteiger charge is 2.16. The van der Waals surface area contributed by atoms with Gasteiger partial charge in [-0.2, -0.15) is 0 Å². The molecular formula is C11H18N4O. The molecule has 1 saturated heterocycles. The van der Waals surface area contributed by atoms with Gasteiger partial charge < -0.3 is 15.8 Å². The molecule has 0 bridgehead atoms. The van der Waals surface area contributed by atoms with Crippen molar-refractivity contribution in [3.63, 3.8) is 0 Å². The molecule has 2 rings (SSSR count). The van der Waals surface area contributed by atoms with Crippen molar-refractivity contribution in [3.8, 4) is 0 Å². The Hall–Kier alpha value is -1.20. The van der Waals surface area contributed by atoms with Gasteiger partial charge in [0.25, 0.3) is 0 Å². The van der Waals surface area contributed by atoms with Gasteiger partial charge in [0, 0.05) is 38.7 Å². The van der Waals surface area contributed by atoms with Crippen LogP contribution in [-0.4, -0.2) is 36.3 Å². The fourth-order valence-electron chi connectivity index (χ4n) is 1.86. The summed E-state index contributed by atoms with van der Waals surface area (Å²) in [6, 6.07) is 0. The molecule has 0 aliphatic carbocycles. The number of nitrogens with zero attached hydrogens (tertiary/aromatic N) is 2. The lowest BCUT2D eigenvalue weighted by Crippen LogP contribution is -2.16. The maximum Gasteiger partial charge on any atom is 0.222 e. The second-order valence-corrected chi connectivity index (χ2v) is 3.94. The van der Waals surface area contributed by atoms with Crippen molar-refractivity contribution >= 4 is 5.95 Å². The van der Waals surface area contributed by atoms with Gasteiger partial charge >= 0.3 is 0 Å². The summed E-state index contributed by atoms with van der Waals surface area (Å²) in [6.45, 7) is 2.98. The molecule has 1 aromatic heterocycles. The highest BCUT2D eigenvalue weighted by Crippen LogP contribution is 2.25. The Morgan fingerprint density at radius 2 is 2.00 bits per heavy atom. The third-order valence-corrected chi connectivity index (χ3v) is 2.79. The summed E-state index contributed by atoms with van der Waals surface area (Å²) in [5.41, 5.74) is 6.60. The zero-order valence-electron chi connectivity index (χ0n) is 9.35. The number of rotatable bonds is 4. The van der Waals surface area contributed by atoms with E-state index in [1.165, 1.54) is 5.56 Å². The smallest absolute Gasteiger partial charge is 0.222 e. The lowest BCUT2D eigenvalue weighted by atomic mass is 9.94. The number of anilines is 1. The zero-order chi connectivity index (χ0) is 11.2. The minimum absolute atomic E-state index is 0.553. The number of nitrogens with one attached hydrogen (secondary N) is 1. The van der Waals surface area contributed by atoms with Crippen LogP contribution in [0.2, 0.25) is 0 Å². The summed E-state index contributed by atoms with van der Waals surface area (Å²) in [4.78, 5) is 8.55. The standard InChI is InChI=1S/C11H18N4O/c12-3-4-13-11-14-7-10(8-15-11)9-1-5-16-6-2-9/h7-9H,1-6,12H2,(H,13,14,15). The summed E-state index contributed by atoms with van der Waals surface area (Å²) in [6.07, 6.45) is 5.95. The molecule has 16 heavy (non-hydrogen) atoms. The van der Waals surface area contributed by atoms with Crippen LogP contribution in [0.5, 0.6) is 0 Å². The van der Waals surface area contributed by atoms with E-state index in [1.54, 1.807) is 0 Å². The van der Waals surface area contributed by atoms with Gasteiger partial charge in [0.2, 0.25) is 5.95 Å². The van der Waals surface area contributed by atoms with E-state index in [4.69, 9.17) is 10.5 Å². The Kier molecular flexibility index (Phi) is 4.07. The lowest BCUT2D eigenvalue weighted by molar-refractivity contribution is 0.0852. The molecule has 0 saturated carbocycles. The maximum absolute atomic E-state index is 5.39. The van der Waals surface area contributed by atoms with Crippen LogP contribution in [0.3, 0.4) is 0 Å². The van der Waals surface area contributed by atoms with Crippen molar-refractivity contribution in [2.45, 2.75) is 18.8 Å². The Labute approximate surface area is 95.4 Å². The van der Waals surface area contributed by atoms with Crippen LogP contribution >= 0.6 is 0 Å². The topological polar surface area (TPSA) is 73.1 Å². The molecule has 1 aliphatic rings. The highest BCUT2D eigenvalue weighted by atomic mass is 16.5. The Bertz CT molecular complexity index is 308. The number of hydrogen-bond donors (Lipinski definition) is 2. The van der Waals surface area contributed by atoms with Gasteiger partial charge in [0.1, 0.15) is 0 Å². The molecule has 0 atom stereocenters. The predicted molar refractivity (Wildman–Crippen MR) is 62.4 cm³/mol. The molecule has 0 radical (unpaired) electrons. The lowest BCUT2D eigenvalue weighted by Gasteiger charge is -2.21. The first-order chi connectivity index (χ1) is 7.90. The Morgan fingerprint density at radius 3 is 2.62 bits per heavy atom. The fraction of sp³-hybridized carbons (Fsp3) is 0.636. The molecule has 0 amide bonds. The van der Waals surface area contributed by atoms with Gasteiger partial charge in [-0.05, 0) is 24.3 Å². The third-order valence-electron chi connectivity index (χ3n) is 2.79. The first-order valence-electron chi connectivity index (χ1n) is 5.74. The first kappa shape index (κ1) is 11.3. The van der Waals surface area contributed by atoms with Crippen molar-refractivity contribution in [3.05, 3.63) is 18.0 Å². The van der Waals surface area contributed by atoms with E-state index in [2.05, 4.69) is 15.3 Å². The van der Waals surface area contributed by atoms with Crippen molar-refractivity contribution in [1.29, 1.82) is 0 Å². The van der Waals surface area contributed by atoms with E-state index in [1.807, 2.05) is 12.4 Å². The van der Waals surface area contributed by atoms with E-state index >= 15 is 0 Å². The molecule has 1 fully saturated rings. The third kappa shape index (κ3) is 2.90. The van der Waals surface area contributed by atoms with Crippen molar-refractivity contribution in [2.75, 3.05) is 31.6 Å². The van der Waals surface area contributed by atoms with Crippen molar-refractivity contribution < 1.29 is 4.74 Å². The van der Waals surface area contributed by atoms with Crippen LogP contribution in [0.1, 0.15) is 24.3 Å². The van der Waals surface area contributed by atoms with Gasteiger partial charge in [-0.25, -0.2) is 9.97 Å². The summed E-state index contributed by atoms with van der Waals surface area (Å²) in [7, 11) is 0. The molecule has 1 aliphatic heterocycles. The number of aromatic nitrogens is 2. The van der Waals surface area contributed by atoms with Crippen LogP contribution in [-0.2, 0) is 4.74 Å². The second kappa shape index (κ2) is 5.77. The predicted octanol–water partition coefficient (Wildman–Crippen LogP) is 0.741. The summed E-state index contributed by atoms with van der Waals surface area (Å²) < 4.78 is 5.33. The van der Waals surface area contributed by atoms with Gasteiger partial charge in [0.15, 0.2) is 0 Å². The average molecular weight is 222 g/mol. The van der Waals surface area contributed by atoms with E-state index in [-0.39, 0.29) is 0 Å². The fourth-order valence-corrected chi connectivity index (χ4v) is 1.86. The zero-order valence-corrected chi connectivity index (χ0v) is 9.35. The summed E-state index contributed by atoms with van der Waals surface area (Å²) in [5.74, 6) is 1.21. The SMILES string of the molecule is NCCNc1ncc(C2CCOCC2)cn1. The molecule has 0 spiro atoms. The molecule has 0 unspecified atom stereocenters. The monoisotopic (exact) mass is 222 g/mol. The summed E-state index contributed by atoms with van der Waals surface area (Å²) >= 11 is 0. The van der Waals surface area contributed by atoms with Crippen LogP contribution < -0.4 is 11.1 Å². The van der Waals surface area contributed by atoms with Gasteiger partial charge in [-0.3, -0.25) is 0 Å². The van der Waals surface area contributed by atoms with E-state index in [9.17, 15) is 0 Å². The molecule has 5 nitrogen and oxygen atoms in total. The average Bonchev–Trinajstić information content (AvgIpc) is 2.38. The number of hydrogen-bond acceptors (Lipinski definition) is 5. The molecule has 5 heteroatoms. The Balaban J connectivity index is 1.95. The minimum atomic E-state index is 0.553. The van der Waals surface area contributed by atoms with E-state index in [0.29, 0.717) is 25.0 Å². The van der Waals surface area contributed by atoms with Crippen LogP contribution in [0.4, 0.5) is 5.95 Å². The van der Waals surface area contributed by atoms with Gasteiger partial charge in [-0.15, -0.1) is 0 Å². The van der Waals surface area contributed by atoms with Crippen molar-refractivity contribution in [1.82, 2.24) is 9.97 Å².